The summed E-state index contributed by atoms with van der Waals surface area (Å²) >= 11 is 0. The van der Waals surface area contributed by atoms with Crippen molar-refractivity contribution >= 4 is 8.03 Å². The lowest BCUT2D eigenvalue weighted by atomic mass is 10.3. The van der Waals surface area contributed by atoms with Crippen molar-refractivity contribution in [3.8, 4) is 0 Å². The molecule has 0 aromatic rings. The predicted octanol–water partition coefficient (Wildman–Crippen LogP) is 4.86. The first-order chi connectivity index (χ1) is 10.6. The Morgan fingerprint density at radius 1 is 0.840 bits per heavy atom. The van der Waals surface area contributed by atoms with E-state index in [0.717, 1.165) is 0 Å². The van der Waals surface area contributed by atoms with Crippen LogP contribution in [0.5, 0.6) is 0 Å². The quantitative estimate of drug-likeness (QED) is 0.275. The van der Waals surface area contributed by atoms with E-state index in [2.05, 4.69) is 14.0 Å². The van der Waals surface area contributed by atoms with E-state index in [1.807, 2.05) is 0 Å². The number of hydrogen-bond donors (Lipinski definition) is 0. The minimum absolute atomic E-state index is 0. The van der Waals surface area contributed by atoms with E-state index in [4.69, 9.17) is 0 Å². The van der Waals surface area contributed by atoms with Gasteiger partial charge in [-0.3, -0.25) is 0 Å². The highest BCUT2D eigenvalue weighted by molar-refractivity contribution is 7.38. The molecule has 14 heteroatoms. The van der Waals surface area contributed by atoms with Crippen molar-refractivity contribution in [3.63, 3.8) is 0 Å². The van der Waals surface area contributed by atoms with Crippen LogP contribution in [0.4, 0.5) is 39.5 Å². The van der Waals surface area contributed by atoms with Crippen LogP contribution in [0.15, 0.2) is 0 Å². The number of alkyl halides is 9. The Morgan fingerprint density at radius 2 is 1.36 bits per heavy atom. The summed E-state index contributed by atoms with van der Waals surface area (Å²) in [6.07, 6.45) is -11.9. The molecule has 0 saturated heterocycles. The molecule has 0 fully saturated rings. The summed E-state index contributed by atoms with van der Waals surface area (Å²) in [5.74, 6) is -10.9. The molecule has 1 atom stereocenters. The molecule has 0 aliphatic carbocycles. The fraction of sp³-hybridized carbons (Fsp3) is 1.00. The van der Waals surface area contributed by atoms with E-state index in [9.17, 15) is 44.1 Å². The SMILES string of the molecule is C.C[P+](=O)OCCCOCC(F)(F)C(F)(F)OCC(F)(F)C(F)(F)F. The van der Waals surface area contributed by atoms with Crippen LogP contribution in [0.25, 0.3) is 0 Å². The van der Waals surface area contributed by atoms with Gasteiger partial charge in [0.1, 0.15) is 19.8 Å². The van der Waals surface area contributed by atoms with Crippen molar-refractivity contribution in [2.24, 2.45) is 0 Å². The van der Waals surface area contributed by atoms with E-state index < -0.39 is 52.0 Å². The highest BCUT2D eigenvalue weighted by Gasteiger charge is 2.63. The fourth-order valence-corrected chi connectivity index (χ4v) is 1.39. The van der Waals surface area contributed by atoms with Gasteiger partial charge in [-0.2, -0.15) is 39.5 Å². The number of hydrogen-bond acceptors (Lipinski definition) is 4. The summed E-state index contributed by atoms with van der Waals surface area (Å²) in [6.45, 7) is -4.47. The zero-order chi connectivity index (χ0) is 19.2. The fourth-order valence-electron chi connectivity index (χ4n) is 1.01. The smallest absolute Gasteiger partial charge is 0.375 e. The largest absolute Gasteiger partial charge is 0.504 e. The van der Waals surface area contributed by atoms with Gasteiger partial charge in [0.25, 0.3) is 0 Å². The van der Waals surface area contributed by atoms with Crippen LogP contribution in [-0.4, -0.2) is 57.2 Å². The second-order valence-corrected chi connectivity index (χ2v) is 5.53. The minimum atomic E-state index is -6.23. The third-order valence-corrected chi connectivity index (χ3v) is 2.81. The second-order valence-electron chi connectivity index (χ2n) is 4.39. The Bertz CT molecular complexity index is 415. The molecule has 0 aromatic carbocycles. The Balaban J connectivity index is 0. The Labute approximate surface area is 138 Å². The van der Waals surface area contributed by atoms with Crippen molar-refractivity contribution in [1.82, 2.24) is 0 Å². The summed E-state index contributed by atoms with van der Waals surface area (Å²) in [5, 5.41) is 0. The topological polar surface area (TPSA) is 44.8 Å². The molecule has 0 radical (unpaired) electrons. The lowest BCUT2D eigenvalue weighted by molar-refractivity contribution is -0.385. The van der Waals surface area contributed by atoms with E-state index in [1.165, 1.54) is 6.66 Å². The van der Waals surface area contributed by atoms with Gasteiger partial charge < -0.3 is 9.47 Å². The maximum Gasteiger partial charge on any atom is 0.504 e. The van der Waals surface area contributed by atoms with E-state index in [1.54, 1.807) is 0 Å². The van der Waals surface area contributed by atoms with Crippen LogP contribution in [0.1, 0.15) is 13.8 Å². The maximum atomic E-state index is 13.1. The molecule has 0 rings (SSSR count). The van der Waals surface area contributed by atoms with Crippen LogP contribution >= 0.6 is 8.03 Å². The van der Waals surface area contributed by atoms with Crippen molar-refractivity contribution < 1.29 is 58.1 Å². The lowest BCUT2D eigenvalue weighted by Crippen LogP contribution is -2.50. The summed E-state index contributed by atoms with van der Waals surface area (Å²) in [4.78, 5) is 0. The van der Waals surface area contributed by atoms with E-state index >= 15 is 0 Å². The number of ether oxygens (including phenoxy) is 2. The average molecular weight is 415 g/mol. The van der Waals surface area contributed by atoms with Gasteiger partial charge in [-0.1, -0.05) is 7.43 Å². The molecule has 0 aliphatic rings. The average Bonchev–Trinajstić information content (AvgIpc) is 2.39. The van der Waals surface area contributed by atoms with E-state index in [0.29, 0.717) is 0 Å². The van der Waals surface area contributed by atoms with Crippen LogP contribution < -0.4 is 0 Å². The molecule has 0 bridgehead atoms. The molecule has 0 amide bonds. The first-order valence-corrected chi connectivity index (χ1v) is 7.70. The van der Waals surface area contributed by atoms with Crippen molar-refractivity contribution in [2.45, 2.75) is 38.0 Å². The van der Waals surface area contributed by atoms with Gasteiger partial charge in [0.2, 0.25) is 0 Å². The van der Waals surface area contributed by atoms with Gasteiger partial charge in [-0.15, -0.1) is 4.52 Å². The molecule has 0 aromatic heterocycles. The molecule has 1 unspecified atom stereocenters. The Hall–Kier alpha value is -0.650. The van der Waals surface area contributed by atoms with Gasteiger partial charge >= 0.3 is 32.2 Å². The maximum absolute atomic E-state index is 13.1. The predicted molar refractivity (Wildman–Crippen MR) is 68.5 cm³/mol. The minimum Gasteiger partial charge on any atom is -0.375 e. The summed E-state index contributed by atoms with van der Waals surface area (Å²) in [6, 6.07) is 0. The molecule has 0 N–H and O–H groups in total. The highest BCUT2D eigenvalue weighted by Crippen LogP contribution is 2.40. The number of halogens is 9. The third kappa shape index (κ3) is 9.02. The number of rotatable bonds is 11. The molecule has 4 nitrogen and oxygen atoms in total. The lowest BCUT2D eigenvalue weighted by Gasteiger charge is -2.28. The monoisotopic (exact) mass is 415 g/mol. The van der Waals surface area contributed by atoms with Crippen LogP contribution in [0.3, 0.4) is 0 Å². The van der Waals surface area contributed by atoms with Gasteiger partial charge in [0.15, 0.2) is 6.66 Å². The standard InChI is InChI=1S/C10H13F9O4P.CH4/c1-24(20)23-4-2-3-21-5-8(13,14)10(18,19)22-6-7(11,12)9(15,16)17;/h2-6H2,1H3;1H4/q+1;. The first-order valence-electron chi connectivity index (χ1n) is 6.08. The molecule has 0 aliphatic heterocycles. The first kappa shape index (κ1) is 26.6. The van der Waals surface area contributed by atoms with Crippen molar-refractivity contribution in [1.29, 1.82) is 0 Å². The Kier molecular flexibility index (Phi) is 10.5. The highest BCUT2D eigenvalue weighted by atomic mass is 31.1. The zero-order valence-electron chi connectivity index (χ0n) is 12.0. The van der Waals surface area contributed by atoms with Crippen molar-refractivity contribution in [2.75, 3.05) is 33.1 Å². The third-order valence-electron chi connectivity index (χ3n) is 2.26. The summed E-state index contributed by atoms with van der Waals surface area (Å²) in [5.41, 5.74) is 0. The molecular weight excluding hydrogens is 398 g/mol. The summed E-state index contributed by atoms with van der Waals surface area (Å²) in [7, 11) is -1.94. The van der Waals surface area contributed by atoms with Crippen LogP contribution in [0.2, 0.25) is 0 Å². The molecule has 152 valence electrons. The van der Waals surface area contributed by atoms with Gasteiger partial charge in [0.05, 0.1) is 0 Å². The molecule has 25 heavy (non-hydrogen) atoms. The molecular formula is C11H17F9O4P+. The molecule has 0 saturated carbocycles. The summed E-state index contributed by atoms with van der Waals surface area (Å²) < 4.78 is 134. The molecule has 0 heterocycles. The van der Waals surface area contributed by atoms with E-state index in [-0.39, 0.29) is 20.5 Å². The second kappa shape index (κ2) is 9.89. The zero-order valence-corrected chi connectivity index (χ0v) is 12.9. The van der Waals surface area contributed by atoms with Gasteiger partial charge in [-0.05, 0) is 11.0 Å². The van der Waals surface area contributed by atoms with Gasteiger partial charge in [-0.25, -0.2) is 0 Å². The Morgan fingerprint density at radius 3 is 1.80 bits per heavy atom. The van der Waals surface area contributed by atoms with Gasteiger partial charge in [0, 0.05) is 6.61 Å². The van der Waals surface area contributed by atoms with Crippen molar-refractivity contribution in [3.05, 3.63) is 0 Å². The molecule has 0 spiro atoms. The normalized spacial score (nSPS) is 14.2. The van der Waals surface area contributed by atoms with Crippen LogP contribution in [-0.2, 0) is 18.6 Å². The van der Waals surface area contributed by atoms with Crippen LogP contribution in [0, 0.1) is 0 Å².